The Morgan fingerprint density at radius 2 is 2.10 bits per heavy atom. The van der Waals surface area contributed by atoms with Crippen molar-refractivity contribution in [1.29, 1.82) is 0 Å². The highest BCUT2D eigenvalue weighted by Gasteiger charge is 2.19. The molecule has 0 unspecified atom stereocenters. The molecule has 2 aromatic heterocycles. The Balaban J connectivity index is 2.18. The topological polar surface area (TPSA) is 59.8 Å². The molecular formula is C15H20N4O. The van der Waals surface area contributed by atoms with E-state index in [1.165, 1.54) is 0 Å². The summed E-state index contributed by atoms with van der Waals surface area (Å²) in [6, 6.07) is 3.88. The number of amides is 1. The van der Waals surface area contributed by atoms with Gasteiger partial charge in [-0.2, -0.15) is 0 Å². The fraction of sp³-hybridized carbons (Fsp3) is 0.400. The van der Waals surface area contributed by atoms with E-state index in [1.54, 1.807) is 10.9 Å². The van der Waals surface area contributed by atoms with Crippen LogP contribution in [0.3, 0.4) is 0 Å². The second-order valence-corrected chi connectivity index (χ2v) is 4.98. The molecule has 2 heterocycles. The molecule has 0 aliphatic rings. The number of imidazole rings is 1. The van der Waals surface area contributed by atoms with Gasteiger partial charge in [0.15, 0.2) is 0 Å². The normalized spacial score (nSPS) is 12.2. The van der Waals surface area contributed by atoms with E-state index >= 15 is 0 Å². The Bertz CT molecular complexity index is 581. The predicted molar refractivity (Wildman–Crippen MR) is 77.4 cm³/mol. The van der Waals surface area contributed by atoms with Gasteiger partial charge in [-0.1, -0.05) is 13.0 Å². The minimum atomic E-state index is -0.114. The maximum atomic E-state index is 12.4. The molecule has 1 atom stereocenters. The maximum Gasteiger partial charge on any atom is 0.270 e. The SMILES string of the molecule is CC[C@@H](NC(=O)c1c(C)ncn1C)c1ccc(C)cn1. The van der Waals surface area contributed by atoms with Gasteiger partial charge in [0.1, 0.15) is 5.69 Å². The Hall–Kier alpha value is -2.17. The molecule has 0 aromatic carbocycles. The van der Waals surface area contributed by atoms with Crippen LogP contribution in [0.15, 0.2) is 24.7 Å². The van der Waals surface area contributed by atoms with E-state index in [4.69, 9.17) is 0 Å². The highest BCUT2D eigenvalue weighted by atomic mass is 16.2. The third-order valence-electron chi connectivity index (χ3n) is 3.34. The molecule has 2 aromatic rings. The van der Waals surface area contributed by atoms with Crippen LogP contribution in [0, 0.1) is 13.8 Å². The number of carbonyl (C=O) groups is 1. The molecule has 0 aliphatic heterocycles. The summed E-state index contributed by atoms with van der Waals surface area (Å²) >= 11 is 0. The number of carbonyl (C=O) groups excluding carboxylic acids is 1. The van der Waals surface area contributed by atoms with Crippen LogP contribution in [-0.4, -0.2) is 20.4 Å². The first-order valence-electron chi connectivity index (χ1n) is 6.74. The first-order valence-corrected chi connectivity index (χ1v) is 6.74. The first-order chi connectivity index (χ1) is 9.52. The van der Waals surface area contributed by atoms with Gasteiger partial charge in [-0.3, -0.25) is 9.78 Å². The number of nitrogens with one attached hydrogen (secondary N) is 1. The van der Waals surface area contributed by atoms with Crippen molar-refractivity contribution in [2.24, 2.45) is 7.05 Å². The van der Waals surface area contributed by atoms with E-state index < -0.39 is 0 Å². The van der Waals surface area contributed by atoms with E-state index in [1.807, 2.05) is 46.1 Å². The zero-order valence-corrected chi connectivity index (χ0v) is 12.3. The Labute approximate surface area is 119 Å². The lowest BCUT2D eigenvalue weighted by Crippen LogP contribution is -2.30. The predicted octanol–water partition coefficient (Wildman–Crippen LogP) is 2.31. The summed E-state index contributed by atoms with van der Waals surface area (Å²) in [5, 5.41) is 3.02. The molecule has 0 radical (unpaired) electrons. The fourth-order valence-corrected chi connectivity index (χ4v) is 2.17. The number of pyridine rings is 1. The highest BCUT2D eigenvalue weighted by Crippen LogP contribution is 2.16. The Morgan fingerprint density at radius 1 is 1.35 bits per heavy atom. The van der Waals surface area contributed by atoms with E-state index in [0.29, 0.717) is 5.69 Å². The van der Waals surface area contributed by atoms with Crippen LogP contribution in [0.5, 0.6) is 0 Å². The summed E-state index contributed by atoms with van der Waals surface area (Å²) in [5.74, 6) is -0.114. The smallest absolute Gasteiger partial charge is 0.270 e. The number of hydrogen-bond acceptors (Lipinski definition) is 3. The number of aryl methyl sites for hydroxylation is 3. The van der Waals surface area contributed by atoms with E-state index in [9.17, 15) is 4.79 Å². The zero-order valence-electron chi connectivity index (χ0n) is 12.3. The maximum absolute atomic E-state index is 12.4. The molecule has 0 saturated heterocycles. The van der Waals surface area contributed by atoms with Gasteiger partial charge in [0.25, 0.3) is 5.91 Å². The largest absolute Gasteiger partial charge is 0.342 e. The standard InChI is InChI=1S/C15H20N4O/c1-5-12(13-7-6-10(2)8-16-13)18-15(20)14-11(3)17-9-19(14)4/h6-9,12H,5H2,1-4H3,(H,18,20)/t12-/m1/s1. The van der Waals surface area contributed by atoms with Crippen molar-refractivity contribution in [2.75, 3.05) is 0 Å². The van der Waals surface area contributed by atoms with Crippen LogP contribution in [0.2, 0.25) is 0 Å². The van der Waals surface area contributed by atoms with Crippen molar-refractivity contribution < 1.29 is 4.79 Å². The Kier molecular flexibility index (Phi) is 4.17. The van der Waals surface area contributed by atoms with Crippen LogP contribution >= 0.6 is 0 Å². The molecule has 0 saturated carbocycles. The molecule has 0 spiro atoms. The quantitative estimate of drug-likeness (QED) is 0.929. The summed E-state index contributed by atoms with van der Waals surface area (Å²) in [6.45, 7) is 5.86. The van der Waals surface area contributed by atoms with Gasteiger partial charge >= 0.3 is 0 Å². The summed E-state index contributed by atoms with van der Waals surface area (Å²) in [7, 11) is 1.82. The molecule has 20 heavy (non-hydrogen) atoms. The van der Waals surface area contributed by atoms with Crippen LogP contribution in [0.25, 0.3) is 0 Å². The van der Waals surface area contributed by atoms with Gasteiger partial charge in [-0.15, -0.1) is 0 Å². The average Bonchev–Trinajstić information content (AvgIpc) is 2.76. The minimum Gasteiger partial charge on any atom is -0.342 e. The second kappa shape index (κ2) is 5.86. The molecule has 1 amide bonds. The molecule has 1 N–H and O–H groups in total. The third-order valence-corrected chi connectivity index (χ3v) is 3.34. The lowest BCUT2D eigenvalue weighted by molar-refractivity contribution is 0.0925. The van der Waals surface area contributed by atoms with Crippen molar-refractivity contribution >= 4 is 5.91 Å². The molecule has 2 rings (SSSR count). The van der Waals surface area contributed by atoms with Crippen molar-refractivity contribution in [1.82, 2.24) is 19.9 Å². The van der Waals surface area contributed by atoms with E-state index in [-0.39, 0.29) is 11.9 Å². The number of rotatable bonds is 4. The van der Waals surface area contributed by atoms with Crippen LogP contribution < -0.4 is 5.32 Å². The van der Waals surface area contributed by atoms with Gasteiger partial charge < -0.3 is 9.88 Å². The van der Waals surface area contributed by atoms with Gasteiger partial charge in [0.05, 0.1) is 23.8 Å². The lowest BCUT2D eigenvalue weighted by atomic mass is 10.1. The molecule has 0 aliphatic carbocycles. The number of nitrogens with zero attached hydrogens (tertiary/aromatic N) is 3. The third kappa shape index (κ3) is 2.87. The monoisotopic (exact) mass is 272 g/mol. The zero-order chi connectivity index (χ0) is 14.7. The van der Waals surface area contributed by atoms with Crippen LogP contribution in [0.4, 0.5) is 0 Å². The average molecular weight is 272 g/mol. The molecule has 5 nitrogen and oxygen atoms in total. The van der Waals surface area contributed by atoms with Crippen molar-refractivity contribution in [2.45, 2.75) is 33.2 Å². The van der Waals surface area contributed by atoms with Gasteiger partial charge in [0, 0.05) is 13.2 Å². The molecule has 0 fully saturated rings. The molecule has 106 valence electrons. The first kappa shape index (κ1) is 14.2. The molecule has 0 bridgehead atoms. The number of hydrogen-bond donors (Lipinski definition) is 1. The lowest BCUT2D eigenvalue weighted by Gasteiger charge is -2.17. The van der Waals surface area contributed by atoms with Crippen molar-refractivity contribution in [3.05, 3.63) is 47.3 Å². The van der Waals surface area contributed by atoms with E-state index in [2.05, 4.69) is 15.3 Å². The fourth-order valence-electron chi connectivity index (χ4n) is 2.17. The van der Waals surface area contributed by atoms with Gasteiger partial charge in [-0.25, -0.2) is 4.98 Å². The van der Waals surface area contributed by atoms with Crippen molar-refractivity contribution in [3.63, 3.8) is 0 Å². The summed E-state index contributed by atoms with van der Waals surface area (Å²) in [4.78, 5) is 20.9. The summed E-state index contributed by atoms with van der Waals surface area (Å²) < 4.78 is 1.74. The van der Waals surface area contributed by atoms with Gasteiger partial charge in [-0.05, 0) is 31.9 Å². The van der Waals surface area contributed by atoms with Crippen molar-refractivity contribution in [3.8, 4) is 0 Å². The second-order valence-electron chi connectivity index (χ2n) is 4.98. The van der Waals surface area contributed by atoms with E-state index in [0.717, 1.165) is 23.4 Å². The van der Waals surface area contributed by atoms with Crippen LogP contribution in [0.1, 0.15) is 46.8 Å². The summed E-state index contributed by atoms with van der Waals surface area (Å²) in [6.07, 6.45) is 4.26. The van der Waals surface area contributed by atoms with Gasteiger partial charge in [0.2, 0.25) is 0 Å². The molecular weight excluding hydrogens is 252 g/mol. The summed E-state index contributed by atoms with van der Waals surface area (Å²) in [5.41, 5.74) is 3.32. The van der Waals surface area contributed by atoms with Crippen LogP contribution in [-0.2, 0) is 7.05 Å². The Morgan fingerprint density at radius 3 is 2.60 bits per heavy atom. The number of aromatic nitrogens is 3. The molecule has 5 heteroatoms. The minimum absolute atomic E-state index is 0.0857. The highest BCUT2D eigenvalue weighted by molar-refractivity contribution is 5.93.